The number of anilines is 1. The van der Waals surface area contributed by atoms with Crippen LogP contribution in [-0.2, 0) is 19.4 Å². The molecule has 1 heterocycles. The molecule has 0 spiro atoms. The third kappa shape index (κ3) is 5.13. The van der Waals surface area contributed by atoms with E-state index in [1.54, 1.807) is 0 Å². The predicted octanol–water partition coefficient (Wildman–Crippen LogP) is 7.99. The highest BCUT2D eigenvalue weighted by Crippen LogP contribution is 2.31. The van der Waals surface area contributed by atoms with Gasteiger partial charge in [0.2, 0.25) is 0 Å². The van der Waals surface area contributed by atoms with E-state index >= 15 is 0 Å². The average Bonchev–Trinajstić information content (AvgIpc) is 3.16. The molecule has 0 unspecified atom stereocenters. The Morgan fingerprint density at radius 2 is 1.74 bits per heavy atom. The average molecular weight is 490 g/mol. The topological polar surface area (TPSA) is 37.3 Å². The van der Waals surface area contributed by atoms with Crippen molar-refractivity contribution < 1.29 is 4.79 Å². The van der Waals surface area contributed by atoms with Crippen molar-refractivity contribution in [3.8, 4) is 5.69 Å². The fourth-order valence-corrected chi connectivity index (χ4v) is 6.13. The van der Waals surface area contributed by atoms with Crippen LogP contribution >= 0.6 is 11.6 Å². The fraction of sp³-hybridized carbons (Fsp3) is 0.433. The van der Waals surface area contributed by atoms with Crippen molar-refractivity contribution in [2.24, 2.45) is 0 Å². The first kappa shape index (κ1) is 24.0. The smallest absolute Gasteiger partial charge is 0.318 e. The molecule has 5 heteroatoms. The van der Waals surface area contributed by atoms with Crippen LogP contribution in [0.1, 0.15) is 73.0 Å². The van der Waals surface area contributed by atoms with Crippen LogP contribution in [0.5, 0.6) is 0 Å². The molecular formula is C30H36ClN3O. The quantitative estimate of drug-likeness (QED) is 0.387. The number of amides is 2. The number of halogens is 1. The zero-order valence-corrected chi connectivity index (χ0v) is 21.7. The third-order valence-electron chi connectivity index (χ3n) is 7.88. The maximum atomic E-state index is 13.8. The molecule has 2 aliphatic carbocycles. The number of nitrogens with one attached hydrogen (secondary N) is 1. The van der Waals surface area contributed by atoms with Crippen LogP contribution in [0.25, 0.3) is 5.69 Å². The van der Waals surface area contributed by atoms with Crippen molar-refractivity contribution in [3.05, 3.63) is 81.6 Å². The SMILES string of the molecule is Cc1cc(CN(C(=O)Nc2cccc3c2CCCC3)C2CCCCC2)c(C)n1-c1ccc(Cl)cc1. The number of benzene rings is 2. The normalized spacial score (nSPS) is 16.1. The monoisotopic (exact) mass is 489 g/mol. The number of urea groups is 1. The first-order valence-electron chi connectivity index (χ1n) is 13.1. The number of fused-ring (bicyclic) bond motifs is 1. The van der Waals surface area contributed by atoms with Gasteiger partial charge in [-0.25, -0.2) is 4.79 Å². The second-order valence-electron chi connectivity index (χ2n) is 10.2. The van der Waals surface area contributed by atoms with E-state index in [4.69, 9.17) is 11.6 Å². The van der Waals surface area contributed by atoms with Crippen LogP contribution in [0, 0.1) is 13.8 Å². The minimum atomic E-state index is 0.0344. The van der Waals surface area contributed by atoms with E-state index < -0.39 is 0 Å². The number of nitrogens with zero attached hydrogens (tertiary/aromatic N) is 2. The Kier molecular flexibility index (Phi) is 7.19. The number of rotatable bonds is 5. The van der Waals surface area contributed by atoms with Crippen molar-refractivity contribution in [1.29, 1.82) is 0 Å². The summed E-state index contributed by atoms with van der Waals surface area (Å²) < 4.78 is 2.26. The lowest BCUT2D eigenvalue weighted by Crippen LogP contribution is -2.43. The molecular weight excluding hydrogens is 454 g/mol. The molecule has 0 atom stereocenters. The summed E-state index contributed by atoms with van der Waals surface area (Å²) in [5, 5.41) is 4.07. The Balaban J connectivity index is 1.43. The molecule has 35 heavy (non-hydrogen) atoms. The highest BCUT2D eigenvalue weighted by atomic mass is 35.5. The molecule has 184 valence electrons. The maximum Gasteiger partial charge on any atom is 0.322 e. The highest BCUT2D eigenvalue weighted by molar-refractivity contribution is 6.30. The van der Waals surface area contributed by atoms with Gasteiger partial charge in [-0.2, -0.15) is 0 Å². The summed E-state index contributed by atoms with van der Waals surface area (Å²) in [6, 6.07) is 16.9. The molecule has 0 bridgehead atoms. The number of carbonyl (C=O) groups excluding carboxylic acids is 1. The van der Waals surface area contributed by atoms with Crippen LogP contribution in [-0.4, -0.2) is 21.5 Å². The van der Waals surface area contributed by atoms with E-state index in [0.29, 0.717) is 6.54 Å². The van der Waals surface area contributed by atoms with Gasteiger partial charge in [0.05, 0.1) is 0 Å². The summed E-state index contributed by atoms with van der Waals surface area (Å²) in [5.41, 5.74) is 8.37. The Hall–Kier alpha value is -2.72. The molecule has 2 amide bonds. The number of aromatic nitrogens is 1. The van der Waals surface area contributed by atoms with Crippen LogP contribution in [0.2, 0.25) is 5.02 Å². The lowest BCUT2D eigenvalue weighted by atomic mass is 9.90. The summed E-state index contributed by atoms with van der Waals surface area (Å²) in [6.45, 7) is 4.91. The van der Waals surface area contributed by atoms with E-state index in [-0.39, 0.29) is 12.1 Å². The maximum absolute atomic E-state index is 13.8. The van der Waals surface area contributed by atoms with Gasteiger partial charge in [0.1, 0.15) is 0 Å². The molecule has 1 aromatic heterocycles. The summed E-state index contributed by atoms with van der Waals surface area (Å²) in [4.78, 5) is 15.9. The molecule has 0 radical (unpaired) electrons. The Labute approximate surface area is 214 Å². The first-order chi connectivity index (χ1) is 17.0. The number of hydrogen-bond acceptors (Lipinski definition) is 1. The van der Waals surface area contributed by atoms with Crippen LogP contribution < -0.4 is 5.32 Å². The number of hydrogen-bond donors (Lipinski definition) is 1. The standard InChI is InChI=1S/C30H36ClN3O/c1-21-19-24(22(2)34(21)27-17-15-25(31)16-18-27)20-33(26-11-4-3-5-12-26)30(35)32-29-14-8-10-23-9-6-7-13-28(23)29/h8,10,14-19,26H,3-7,9,11-13,20H2,1-2H3,(H,32,35). The Morgan fingerprint density at radius 3 is 2.51 bits per heavy atom. The van der Waals surface area contributed by atoms with Gasteiger partial charge in [-0.15, -0.1) is 0 Å². The minimum absolute atomic E-state index is 0.0344. The van der Waals surface area contributed by atoms with Gasteiger partial charge in [0, 0.05) is 40.4 Å². The minimum Gasteiger partial charge on any atom is -0.318 e. The van der Waals surface area contributed by atoms with E-state index in [1.165, 1.54) is 60.2 Å². The van der Waals surface area contributed by atoms with E-state index in [2.05, 4.69) is 65.0 Å². The van der Waals surface area contributed by atoms with E-state index in [1.807, 2.05) is 12.1 Å². The van der Waals surface area contributed by atoms with Crippen LogP contribution in [0.4, 0.5) is 10.5 Å². The largest absolute Gasteiger partial charge is 0.322 e. The molecule has 1 N–H and O–H groups in total. The molecule has 0 aliphatic heterocycles. The molecule has 0 saturated heterocycles. The molecule has 1 fully saturated rings. The van der Waals surface area contributed by atoms with Gasteiger partial charge >= 0.3 is 6.03 Å². The van der Waals surface area contributed by atoms with Gasteiger partial charge in [-0.1, -0.05) is 43.0 Å². The van der Waals surface area contributed by atoms with Crippen LogP contribution in [0.3, 0.4) is 0 Å². The van der Waals surface area contributed by atoms with E-state index in [9.17, 15) is 4.79 Å². The molecule has 3 aromatic rings. The molecule has 5 rings (SSSR count). The van der Waals surface area contributed by atoms with Gasteiger partial charge in [-0.3, -0.25) is 0 Å². The molecule has 2 aromatic carbocycles. The van der Waals surface area contributed by atoms with Crippen LogP contribution in [0.15, 0.2) is 48.5 Å². The van der Waals surface area contributed by atoms with Crippen molar-refractivity contribution in [1.82, 2.24) is 9.47 Å². The summed E-state index contributed by atoms with van der Waals surface area (Å²) >= 11 is 6.12. The third-order valence-corrected chi connectivity index (χ3v) is 8.13. The second kappa shape index (κ2) is 10.5. The van der Waals surface area contributed by atoms with Crippen molar-refractivity contribution in [2.75, 3.05) is 5.32 Å². The van der Waals surface area contributed by atoms with Crippen molar-refractivity contribution >= 4 is 23.3 Å². The predicted molar refractivity (Wildman–Crippen MR) is 145 cm³/mol. The molecule has 2 aliphatic rings. The Bertz CT molecular complexity index is 1190. The summed E-state index contributed by atoms with van der Waals surface area (Å²) in [7, 11) is 0. The fourth-order valence-electron chi connectivity index (χ4n) is 6.01. The Morgan fingerprint density at radius 1 is 1.00 bits per heavy atom. The highest BCUT2D eigenvalue weighted by Gasteiger charge is 2.28. The zero-order valence-electron chi connectivity index (χ0n) is 20.9. The molecule has 4 nitrogen and oxygen atoms in total. The van der Waals surface area contributed by atoms with E-state index in [0.717, 1.165) is 42.1 Å². The van der Waals surface area contributed by atoms with Crippen molar-refractivity contribution in [3.63, 3.8) is 0 Å². The summed E-state index contributed by atoms with van der Waals surface area (Å²) in [6.07, 6.45) is 10.4. The number of carbonyl (C=O) groups is 1. The molecule has 1 saturated carbocycles. The van der Waals surface area contributed by atoms with Crippen molar-refractivity contribution in [2.45, 2.75) is 84.2 Å². The van der Waals surface area contributed by atoms with Gasteiger partial charge in [0.25, 0.3) is 0 Å². The van der Waals surface area contributed by atoms with Gasteiger partial charge in [-0.05, 0) is 105 Å². The lowest BCUT2D eigenvalue weighted by molar-refractivity contribution is 0.162. The zero-order chi connectivity index (χ0) is 24.4. The first-order valence-corrected chi connectivity index (χ1v) is 13.5. The summed E-state index contributed by atoms with van der Waals surface area (Å²) in [5.74, 6) is 0. The lowest BCUT2D eigenvalue weighted by Gasteiger charge is -2.35. The number of aryl methyl sites for hydroxylation is 2. The van der Waals surface area contributed by atoms with Gasteiger partial charge < -0.3 is 14.8 Å². The second-order valence-corrected chi connectivity index (χ2v) is 10.6. The van der Waals surface area contributed by atoms with Gasteiger partial charge in [0.15, 0.2) is 0 Å².